The number of rotatable bonds is 4. The van der Waals surface area contributed by atoms with Gasteiger partial charge in [-0.1, -0.05) is 6.07 Å². The fourth-order valence-electron chi connectivity index (χ4n) is 1.82. The summed E-state index contributed by atoms with van der Waals surface area (Å²) in [4.78, 5) is 4.06. The summed E-state index contributed by atoms with van der Waals surface area (Å²) in [6, 6.07) is 4.98. The van der Waals surface area contributed by atoms with E-state index in [2.05, 4.69) is 9.71 Å². The molecule has 0 bridgehead atoms. The van der Waals surface area contributed by atoms with Crippen molar-refractivity contribution in [3.8, 4) is 5.88 Å². The molecule has 2 heterocycles. The molecule has 1 N–H and O–H groups in total. The van der Waals surface area contributed by atoms with Crippen LogP contribution in [-0.2, 0) is 14.8 Å². The van der Waals surface area contributed by atoms with Crippen molar-refractivity contribution < 1.29 is 17.9 Å². The molecule has 100 valence electrons. The third-order valence-electron chi connectivity index (χ3n) is 2.57. The molecule has 1 aromatic rings. The fraction of sp³-hybridized carbons (Fsp3) is 0.545. The monoisotopic (exact) mass is 272 g/mol. The third-order valence-corrected chi connectivity index (χ3v) is 3.30. The van der Waals surface area contributed by atoms with Crippen LogP contribution < -0.4 is 9.46 Å². The summed E-state index contributed by atoms with van der Waals surface area (Å²) >= 11 is 0. The lowest BCUT2D eigenvalue weighted by atomic mass is 10.1. The zero-order valence-electron chi connectivity index (χ0n) is 10.1. The quantitative estimate of drug-likeness (QED) is 0.845. The number of nitrogens with zero attached hydrogens (tertiary/aromatic N) is 1. The molecule has 1 fully saturated rings. The Kier molecular flexibility index (Phi) is 4.15. The number of nitrogens with one attached hydrogen (secondary N) is 1. The van der Waals surface area contributed by atoms with Crippen molar-refractivity contribution in [2.24, 2.45) is 0 Å². The minimum atomic E-state index is -3.28. The summed E-state index contributed by atoms with van der Waals surface area (Å²) in [6.45, 7) is 0.865. The Morgan fingerprint density at radius 2 is 2.33 bits per heavy atom. The highest BCUT2D eigenvalue weighted by atomic mass is 32.2. The Balaban J connectivity index is 2.04. The molecular weight excluding hydrogens is 256 g/mol. The second kappa shape index (κ2) is 5.64. The van der Waals surface area contributed by atoms with Crippen molar-refractivity contribution in [3.05, 3.63) is 24.4 Å². The van der Waals surface area contributed by atoms with Crippen LogP contribution in [0.5, 0.6) is 5.88 Å². The molecule has 0 spiro atoms. The average molecular weight is 272 g/mol. The minimum absolute atomic E-state index is 0.261. The van der Waals surface area contributed by atoms with Crippen LogP contribution in [0.15, 0.2) is 24.4 Å². The summed E-state index contributed by atoms with van der Waals surface area (Å²) in [6.07, 6.45) is 3.13. The second-order valence-corrected chi connectivity index (χ2v) is 5.96. The van der Waals surface area contributed by atoms with Gasteiger partial charge in [0.1, 0.15) is 6.10 Å². The molecule has 2 atom stereocenters. The number of pyridine rings is 1. The van der Waals surface area contributed by atoms with Crippen LogP contribution >= 0.6 is 0 Å². The molecular formula is C11H16N2O4S. The van der Waals surface area contributed by atoms with Crippen LogP contribution in [0, 0.1) is 0 Å². The molecule has 6 nitrogen and oxygen atoms in total. The molecule has 0 unspecified atom stereocenters. The number of ether oxygens (including phenoxy) is 2. The van der Waals surface area contributed by atoms with Gasteiger partial charge < -0.3 is 9.47 Å². The van der Waals surface area contributed by atoms with Gasteiger partial charge in [-0.05, 0) is 6.07 Å². The maximum atomic E-state index is 11.3. The van der Waals surface area contributed by atoms with E-state index in [1.807, 2.05) is 6.07 Å². The predicted molar refractivity (Wildman–Crippen MR) is 65.9 cm³/mol. The molecule has 1 aromatic heterocycles. The normalized spacial score (nSPS) is 24.7. The number of hydrogen-bond acceptors (Lipinski definition) is 5. The summed E-state index contributed by atoms with van der Waals surface area (Å²) in [5.74, 6) is 0.490. The molecule has 0 amide bonds. The lowest BCUT2D eigenvalue weighted by Gasteiger charge is -2.31. The van der Waals surface area contributed by atoms with Gasteiger partial charge in [0, 0.05) is 18.7 Å². The standard InChI is InChI=1S/C11H16N2O4S/c1-18(14,15)13-9-8-16-7-5-10(9)17-11-4-2-3-6-12-11/h2-4,6,9-10,13H,5,7-8H2,1H3/t9-,10-/m1/s1. The Morgan fingerprint density at radius 1 is 1.50 bits per heavy atom. The van der Waals surface area contributed by atoms with E-state index in [4.69, 9.17) is 9.47 Å². The Hall–Kier alpha value is -1.18. The van der Waals surface area contributed by atoms with Gasteiger partial charge in [0.2, 0.25) is 15.9 Å². The molecule has 0 aliphatic carbocycles. The maximum absolute atomic E-state index is 11.3. The first kappa shape index (κ1) is 13.3. The summed E-state index contributed by atoms with van der Waals surface area (Å²) in [5.41, 5.74) is 0. The maximum Gasteiger partial charge on any atom is 0.213 e. The average Bonchev–Trinajstić information content (AvgIpc) is 2.31. The van der Waals surface area contributed by atoms with E-state index >= 15 is 0 Å². The minimum Gasteiger partial charge on any atom is -0.472 e. The zero-order chi connectivity index (χ0) is 13.0. The molecule has 2 rings (SSSR count). The Bertz CT molecular complexity index is 477. The summed E-state index contributed by atoms with van der Waals surface area (Å²) in [5, 5.41) is 0. The van der Waals surface area contributed by atoms with Gasteiger partial charge in [-0.2, -0.15) is 0 Å². The molecule has 1 saturated heterocycles. The van der Waals surface area contributed by atoms with E-state index < -0.39 is 10.0 Å². The fourth-order valence-corrected chi connectivity index (χ4v) is 2.59. The largest absolute Gasteiger partial charge is 0.472 e. The van der Waals surface area contributed by atoms with E-state index in [9.17, 15) is 8.42 Å². The van der Waals surface area contributed by atoms with Gasteiger partial charge in [-0.25, -0.2) is 18.1 Å². The van der Waals surface area contributed by atoms with E-state index in [1.165, 1.54) is 0 Å². The highest BCUT2D eigenvalue weighted by Crippen LogP contribution is 2.16. The smallest absolute Gasteiger partial charge is 0.213 e. The number of aromatic nitrogens is 1. The topological polar surface area (TPSA) is 77.5 Å². The lowest BCUT2D eigenvalue weighted by molar-refractivity contribution is 0.00155. The number of hydrogen-bond donors (Lipinski definition) is 1. The van der Waals surface area contributed by atoms with E-state index in [0.29, 0.717) is 25.5 Å². The SMILES string of the molecule is CS(=O)(=O)N[C@@H]1COCC[C@H]1Oc1ccccn1. The molecule has 0 saturated carbocycles. The predicted octanol–water partition coefficient (Wildman–Crippen LogP) is 0.167. The first-order valence-electron chi connectivity index (χ1n) is 5.67. The summed E-state index contributed by atoms with van der Waals surface area (Å²) < 4.78 is 36.0. The highest BCUT2D eigenvalue weighted by Gasteiger charge is 2.30. The van der Waals surface area contributed by atoms with Crippen molar-refractivity contribution in [1.29, 1.82) is 0 Å². The van der Waals surface area contributed by atoms with Crippen molar-refractivity contribution in [3.63, 3.8) is 0 Å². The Morgan fingerprint density at radius 3 is 3.00 bits per heavy atom. The van der Waals surface area contributed by atoms with Gasteiger partial charge >= 0.3 is 0 Å². The van der Waals surface area contributed by atoms with E-state index in [0.717, 1.165) is 6.26 Å². The summed E-state index contributed by atoms with van der Waals surface area (Å²) in [7, 11) is -3.28. The third kappa shape index (κ3) is 3.94. The lowest BCUT2D eigenvalue weighted by Crippen LogP contribution is -2.51. The molecule has 0 aromatic carbocycles. The first-order valence-corrected chi connectivity index (χ1v) is 7.56. The molecule has 1 aliphatic rings. The van der Waals surface area contributed by atoms with Crippen molar-refractivity contribution in [1.82, 2.24) is 9.71 Å². The molecule has 18 heavy (non-hydrogen) atoms. The van der Waals surface area contributed by atoms with Crippen molar-refractivity contribution in [2.45, 2.75) is 18.6 Å². The van der Waals surface area contributed by atoms with Crippen molar-refractivity contribution >= 4 is 10.0 Å². The van der Waals surface area contributed by atoms with Crippen LogP contribution in [0.3, 0.4) is 0 Å². The Labute approximate surface area is 106 Å². The van der Waals surface area contributed by atoms with Gasteiger partial charge in [-0.15, -0.1) is 0 Å². The van der Waals surface area contributed by atoms with Gasteiger partial charge in [0.05, 0.1) is 25.5 Å². The molecule has 7 heteroatoms. The van der Waals surface area contributed by atoms with Crippen LogP contribution in [0.1, 0.15) is 6.42 Å². The van der Waals surface area contributed by atoms with Crippen molar-refractivity contribution in [2.75, 3.05) is 19.5 Å². The van der Waals surface area contributed by atoms with E-state index in [-0.39, 0.29) is 12.1 Å². The van der Waals surface area contributed by atoms with Gasteiger partial charge in [-0.3, -0.25) is 0 Å². The van der Waals surface area contributed by atoms with Gasteiger partial charge in [0.25, 0.3) is 0 Å². The first-order chi connectivity index (χ1) is 8.54. The highest BCUT2D eigenvalue weighted by molar-refractivity contribution is 7.88. The van der Waals surface area contributed by atoms with E-state index in [1.54, 1.807) is 18.3 Å². The van der Waals surface area contributed by atoms with Crippen LogP contribution in [0.2, 0.25) is 0 Å². The van der Waals surface area contributed by atoms with Crippen LogP contribution in [0.4, 0.5) is 0 Å². The molecule has 0 radical (unpaired) electrons. The zero-order valence-corrected chi connectivity index (χ0v) is 10.9. The number of sulfonamides is 1. The second-order valence-electron chi connectivity index (χ2n) is 4.18. The van der Waals surface area contributed by atoms with Gasteiger partial charge in [0.15, 0.2) is 0 Å². The molecule has 1 aliphatic heterocycles. The van der Waals surface area contributed by atoms with Crippen LogP contribution in [0.25, 0.3) is 0 Å². The van der Waals surface area contributed by atoms with Crippen LogP contribution in [-0.4, -0.2) is 45.0 Å².